The van der Waals surface area contributed by atoms with Crippen molar-refractivity contribution in [3.63, 3.8) is 0 Å². The van der Waals surface area contributed by atoms with E-state index in [4.69, 9.17) is 4.84 Å². The SMILES string of the molecule is CNc1ncnc(-c2cccnc2ONC(=O)c2ccccc2)n1. The number of hydrogen-bond donors (Lipinski definition) is 2. The predicted octanol–water partition coefficient (Wildman–Crippen LogP) is 1.70. The summed E-state index contributed by atoms with van der Waals surface area (Å²) in [6.07, 6.45) is 2.93. The lowest BCUT2D eigenvalue weighted by Gasteiger charge is -2.09. The van der Waals surface area contributed by atoms with E-state index in [0.29, 0.717) is 22.9 Å². The van der Waals surface area contributed by atoms with Crippen LogP contribution in [0.2, 0.25) is 0 Å². The molecule has 3 rings (SSSR count). The van der Waals surface area contributed by atoms with Gasteiger partial charge < -0.3 is 10.2 Å². The maximum atomic E-state index is 12.1. The van der Waals surface area contributed by atoms with Gasteiger partial charge in [-0.3, -0.25) is 4.79 Å². The van der Waals surface area contributed by atoms with Gasteiger partial charge in [-0.1, -0.05) is 18.2 Å². The van der Waals surface area contributed by atoms with Crippen LogP contribution in [-0.2, 0) is 0 Å². The van der Waals surface area contributed by atoms with Crippen molar-refractivity contribution in [2.24, 2.45) is 0 Å². The molecule has 0 unspecified atom stereocenters. The van der Waals surface area contributed by atoms with Crippen LogP contribution in [0.15, 0.2) is 55.0 Å². The molecule has 2 heterocycles. The number of hydroxylamine groups is 1. The zero-order valence-electron chi connectivity index (χ0n) is 12.8. The van der Waals surface area contributed by atoms with Crippen LogP contribution in [0.1, 0.15) is 10.4 Å². The van der Waals surface area contributed by atoms with Crippen molar-refractivity contribution in [3.05, 3.63) is 60.6 Å². The minimum atomic E-state index is -0.376. The highest BCUT2D eigenvalue weighted by Crippen LogP contribution is 2.24. The van der Waals surface area contributed by atoms with E-state index in [0.717, 1.165) is 0 Å². The topological polar surface area (TPSA) is 102 Å². The van der Waals surface area contributed by atoms with Crippen molar-refractivity contribution in [1.82, 2.24) is 25.4 Å². The molecule has 0 bridgehead atoms. The van der Waals surface area contributed by atoms with Gasteiger partial charge in [0, 0.05) is 18.8 Å². The Bertz CT molecular complexity index is 841. The van der Waals surface area contributed by atoms with Crippen LogP contribution < -0.4 is 15.6 Å². The van der Waals surface area contributed by atoms with Gasteiger partial charge in [-0.25, -0.2) is 15.0 Å². The van der Waals surface area contributed by atoms with E-state index in [1.54, 1.807) is 49.6 Å². The molecule has 8 nitrogen and oxygen atoms in total. The Morgan fingerprint density at radius 3 is 2.67 bits per heavy atom. The molecule has 3 aromatic rings. The van der Waals surface area contributed by atoms with Crippen LogP contribution in [0, 0.1) is 0 Å². The van der Waals surface area contributed by atoms with Gasteiger partial charge in [0.1, 0.15) is 6.33 Å². The van der Waals surface area contributed by atoms with Crippen molar-refractivity contribution in [2.45, 2.75) is 0 Å². The molecule has 1 amide bonds. The molecule has 1 aromatic carbocycles. The molecule has 8 heteroatoms. The summed E-state index contributed by atoms with van der Waals surface area (Å²) in [5.41, 5.74) is 3.38. The van der Waals surface area contributed by atoms with E-state index in [-0.39, 0.29) is 11.8 Å². The normalized spacial score (nSPS) is 10.0. The molecule has 0 aliphatic heterocycles. The first-order valence-electron chi connectivity index (χ1n) is 7.12. The number of amides is 1. The second kappa shape index (κ2) is 7.14. The fourth-order valence-corrected chi connectivity index (χ4v) is 1.93. The first-order valence-corrected chi connectivity index (χ1v) is 7.12. The summed E-state index contributed by atoms with van der Waals surface area (Å²) >= 11 is 0. The van der Waals surface area contributed by atoms with Crippen LogP contribution in [-0.4, -0.2) is 32.9 Å². The molecule has 0 saturated heterocycles. The summed E-state index contributed by atoms with van der Waals surface area (Å²) in [5.74, 6) is 0.614. The summed E-state index contributed by atoms with van der Waals surface area (Å²) in [5, 5.41) is 2.84. The molecule has 0 spiro atoms. The Balaban J connectivity index is 1.81. The molecule has 0 saturated carbocycles. The van der Waals surface area contributed by atoms with Crippen molar-refractivity contribution in [2.75, 3.05) is 12.4 Å². The number of benzene rings is 1. The molecule has 120 valence electrons. The fourth-order valence-electron chi connectivity index (χ4n) is 1.93. The van der Waals surface area contributed by atoms with E-state index in [9.17, 15) is 4.79 Å². The predicted molar refractivity (Wildman–Crippen MR) is 87.1 cm³/mol. The van der Waals surface area contributed by atoms with Gasteiger partial charge in [0.25, 0.3) is 11.8 Å². The first-order chi connectivity index (χ1) is 11.8. The average Bonchev–Trinajstić information content (AvgIpc) is 2.67. The number of nitrogens with zero attached hydrogens (tertiary/aromatic N) is 4. The smallest absolute Gasteiger partial charge is 0.283 e. The number of carbonyl (C=O) groups excluding carboxylic acids is 1. The third-order valence-corrected chi connectivity index (χ3v) is 3.08. The van der Waals surface area contributed by atoms with Crippen LogP contribution in [0.25, 0.3) is 11.4 Å². The third kappa shape index (κ3) is 3.43. The summed E-state index contributed by atoms with van der Waals surface area (Å²) in [4.78, 5) is 33.8. The average molecular weight is 322 g/mol. The summed E-state index contributed by atoms with van der Waals surface area (Å²) in [6, 6.07) is 12.2. The lowest BCUT2D eigenvalue weighted by molar-refractivity contribution is 0.0751. The number of rotatable bonds is 5. The molecular formula is C16H14N6O2. The molecule has 2 N–H and O–H groups in total. The molecule has 0 aliphatic rings. The number of pyridine rings is 1. The minimum absolute atomic E-state index is 0.190. The number of aromatic nitrogens is 4. The van der Waals surface area contributed by atoms with E-state index < -0.39 is 0 Å². The van der Waals surface area contributed by atoms with E-state index in [2.05, 4.69) is 30.7 Å². The lowest BCUT2D eigenvalue weighted by atomic mass is 10.2. The number of nitrogens with one attached hydrogen (secondary N) is 2. The monoisotopic (exact) mass is 322 g/mol. The largest absolute Gasteiger partial charge is 0.358 e. The van der Waals surface area contributed by atoms with Crippen molar-refractivity contribution < 1.29 is 9.63 Å². The quantitative estimate of drug-likeness (QED) is 0.689. The lowest BCUT2D eigenvalue weighted by Crippen LogP contribution is -2.27. The summed E-state index contributed by atoms with van der Waals surface area (Å²) in [6.45, 7) is 0. The second-order valence-corrected chi connectivity index (χ2v) is 4.64. The zero-order valence-corrected chi connectivity index (χ0v) is 12.8. The Morgan fingerprint density at radius 1 is 1.04 bits per heavy atom. The minimum Gasteiger partial charge on any atom is -0.358 e. The third-order valence-electron chi connectivity index (χ3n) is 3.08. The summed E-state index contributed by atoms with van der Waals surface area (Å²) < 4.78 is 0. The molecular weight excluding hydrogens is 308 g/mol. The maximum absolute atomic E-state index is 12.1. The fraction of sp³-hybridized carbons (Fsp3) is 0.0625. The highest BCUT2D eigenvalue weighted by atomic mass is 16.7. The van der Waals surface area contributed by atoms with Gasteiger partial charge in [-0.15, -0.1) is 0 Å². The highest BCUT2D eigenvalue weighted by Gasteiger charge is 2.13. The Labute approximate surface area is 137 Å². The second-order valence-electron chi connectivity index (χ2n) is 4.64. The van der Waals surface area contributed by atoms with Gasteiger partial charge in [0.05, 0.1) is 5.56 Å². The van der Waals surface area contributed by atoms with Crippen molar-refractivity contribution in [1.29, 1.82) is 0 Å². The number of carbonyl (C=O) groups is 1. The Hall–Kier alpha value is -3.55. The molecule has 0 aliphatic carbocycles. The molecule has 2 aromatic heterocycles. The van der Waals surface area contributed by atoms with Gasteiger partial charge in [-0.05, 0) is 24.3 Å². The highest BCUT2D eigenvalue weighted by molar-refractivity contribution is 5.93. The first kappa shape index (κ1) is 15.3. The van der Waals surface area contributed by atoms with E-state index in [1.165, 1.54) is 6.33 Å². The van der Waals surface area contributed by atoms with Gasteiger partial charge >= 0.3 is 0 Å². The van der Waals surface area contributed by atoms with Gasteiger partial charge in [0.15, 0.2) is 5.82 Å². The molecule has 0 atom stereocenters. The van der Waals surface area contributed by atoms with Crippen molar-refractivity contribution >= 4 is 11.9 Å². The maximum Gasteiger partial charge on any atom is 0.283 e. The number of hydrogen-bond acceptors (Lipinski definition) is 7. The standard InChI is InChI=1S/C16H14N6O2/c1-17-16-20-10-19-13(21-16)12-8-5-9-18-15(12)24-22-14(23)11-6-3-2-4-7-11/h2-10H,1H3,(H,22,23)(H,17,19,20,21). The van der Waals surface area contributed by atoms with Crippen LogP contribution in [0.4, 0.5) is 5.95 Å². The van der Waals surface area contributed by atoms with Gasteiger partial charge in [-0.2, -0.15) is 10.5 Å². The van der Waals surface area contributed by atoms with Crippen molar-refractivity contribution in [3.8, 4) is 17.3 Å². The summed E-state index contributed by atoms with van der Waals surface area (Å²) in [7, 11) is 1.71. The molecule has 0 radical (unpaired) electrons. The van der Waals surface area contributed by atoms with Crippen LogP contribution >= 0.6 is 0 Å². The van der Waals surface area contributed by atoms with E-state index in [1.807, 2.05) is 6.07 Å². The Kier molecular flexibility index (Phi) is 4.57. The van der Waals surface area contributed by atoms with Crippen LogP contribution in [0.5, 0.6) is 5.88 Å². The van der Waals surface area contributed by atoms with Gasteiger partial charge in [0.2, 0.25) is 5.95 Å². The molecule has 0 fully saturated rings. The number of anilines is 1. The Morgan fingerprint density at radius 2 is 1.88 bits per heavy atom. The zero-order chi connectivity index (χ0) is 16.8. The van der Waals surface area contributed by atoms with E-state index >= 15 is 0 Å². The van der Waals surface area contributed by atoms with Crippen LogP contribution in [0.3, 0.4) is 0 Å². The molecule has 24 heavy (non-hydrogen) atoms.